The standard InChI is InChI=1S/C12H26S/c1-6-11(7-2)13-10-8-9-12(3,4)5/h11H,6-10H2,1-5H3. The van der Waals surface area contributed by atoms with Crippen molar-refractivity contribution in [3.05, 3.63) is 0 Å². The van der Waals surface area contributed by atoms with Crippen molar-refractivity contribution in [2.75, 3.05) is 5.75 Å². The first-order valence-electron chi connectivity index (χ1n) is 5.61. The van der Waals surface area contributed by atoms with E-state index in [0.717, 1.165) is 5.25 Å². The van der Waals surface area contributed by atoms with E-state index in [1.807, 2.05) is 0 Å². The summed E-state index contributed by atoms with van der Waals surface area (Å²) in [4.78, 5) is 0. The largest absolute Gasteiger partial charge is 0.159 e. The second-order valence-corrected chi connectivity index (χ2v) is 6.38. The molecule has 1 heteroatoms. The first-order chi connectivity index (χ1) is 5.99. The van der Waals surface area contributed by atoms with E-state index >= 15 is 0 Å². The van der Waals surface area contributed by atoms with Gasteiger partial charge in [-0.3, -0.25) is 0 Å². The van der Waals surface area contributed by atoms with E-state index in [4.69, 9.17) is 0 Å². The van der Waals surface area contributed by atoms with Gasteiger partial charge in [0.2, 0.25) is 0 Å². The minimum absolute atomic E-state index is 0.522. The van der Waals surface area contributed by atoms with Crippen LogP contribution in [0.1, 0.15) is 60.3 Å². The summed E-state index contributed by atoms with van der Waals surface area (Å²) in [7, 11) is 0. The molecule has 80 valence electrons. The highest BCUT2D eigenvalue weighted by Crippen LogP contribution is 2.24. The molecule has 13 heavy (non-hydrogen) atoms. The predicted octanol–water partition coefficient (Wildman–Crippen LogP) is 4.73. The Bertz CT molecular complexity index is 109. The Morgan fingerprint density at radius 3 is 2.00 bits per heavy atom. The van der Waals surface area contributed by atoms with Crippen LogP contribution in [0, 0.1) is 5.41 Å². The first kappa shape index (κ1) is 13.4. The van der Waals surface area contributed by atoms with Crippen molar-refractivity contribution < 1.29 is 0 Å². The van der Waals surface area contributed by atoms with Crippen molar-refractivity contribution in [3.8, 4) is 0 Å². The third-order valence-corrected chi connectivity index (χ3v) is 4.00. The fourth-order valence-electron chi connectivity index (χ4n) is 1.38. The van der Waals surface area contributed by atoms with E-state index in [0.29, 0.717) is 5.41 Å². The van der Waals surface area contributed by atoms with Gasteiger partial charge in [0.25, 0.3) is 0 Å². The summed E-state index contributed by atoms with van der Waals surface area (Å²) in [5.41, 5.74) is 0.522. The maximum absolute atomic E-state index is 2.33. The zero-order valence-corrected chi connectivity index (χ0v) is 10.8. The minimum atomic E-state index is 0.522. The van der Waals surface area contributed by atoms with Gasteiger partial charge in [-0.2, -0.15) is 11.8 Å². The molecule has 0 aromatic carbocycles. The maximum atomic E-state index is 2.33. The highest BCUT2D eigenvalue weighted by atomic mass is 32.2. The molecule has 0 N–H and O–H groups in total. The van der Waals surface area contributed by atoms with Gasteiger partial charge in [0, 0.05) is 5.25 Å². The van der Waals surface area contributed by atoms with Crippen LogP contribution in [0.3, 0.4) is 0 Å². The molecule has 0 spiro atoms. The normalized spacial score (nSPS) is 12.5. The van der Waals surface area contributed by atoms with Crippen LogP contribution in [0.5, 0.6) is 0 Å². The maximum Gasteiger partial charge on any atom is 0.00418 e. The smallest absolute Gasteiger partial charge is 0.00418 e. The Balaban J connectivity index is 3.34. The molecule has 0 amide bonds. The van der Waals surface area contributed by atoms with Crippen LogP contribution in [-0.4, -0.2) is 11.0 Å². The lowest BCUT2D eigenvalue weighted by atomic mass is 9.91. The quantitative estimate of drug-likeness (QED) is 0.561. The Labute approximate surface area is 88.9 Å². The Kier molecular flexibility index (Phi) is 6.93. The minimum Gasteiger partial charge on any atom is -0.159 e. The summed E-state index contributed by atoms with van der Waals surface area (Å²) >= 11 is 2.16. The van der Waals surface area contributed by atoms with Crippen molar-refractivity contribution >= 4 is 11.8 Å². The van der Waals surface area contributed by atoms with Crippen molar-refractivity contribution in [2.45, 2.75) is 65.6 Å². The Morgan fingerprint density at radius 1 is 1.08 bits per heavy atom. The van der Waals surface area contributed by atoms with Gasteiger partial charge in [0.05, 0.1) is 0 Å². The third kappa shape index (κ3) is 8.67. The number of hydrogen-bond acceptors (Lipinski definition) is 1. The molecule has 0 atom stereocenters. The van der Waals surface area contributed by atoms with Crippen molar-refractivity contribution in [2.24, 2.45) is 5.41 Å². The van der Waals surface area contributed by atoms with E-state index in [2.05, 4.69) is 46.4 Å². The molecule has 0 bridgehead atoms. The summed E-state index contributed by atoms with van der Waals surface area (Å²) in [6.07, 6.45) is 5.40. The second-order valence-electron chi connectivity index (χ2n) is 4.97. The predicted molar refractivity (Wildman–Crippen MR) is 65.5 cm³/mol. The summed E-state index contributed by atoms with van der Waals surface area (Å²) in [6, 6.07) is 0. The van der Waals surface area contributed by atoms with Gasteiger partial charge in [0.15, 0.2) is 0 Å². The number of thioether (sulfide) groups is 1. The fourth-order valence-corrected chi connectivity index (χ4v) is 2.49. The Hall–Kier alpha value is 0.350. The molecule has 0 unspecified atom stereocenters. The van der Waals surface area contributed by atoms with Crippen LogP contribution in [-0.2, 0) is 0 Å². The SMILES string of the molecule is CCC(CC)SCCCC(C)(C)C. The highest BCUT2D eigenvalue weighted by Gasteiger charge is 2.10. The van der Waals surface area contributed by atoms with Crippen LogP contribution >= 0.6 is 11.8 Å². The molecule has 0 saturated heterocycles. The van der Waals surface area contributed by atoms with Gasteiger partial charge in [0.1, 0.15) is 0 Å². The van der Waals surface area contributed by atoms with Gasteiger partial charge in [-0.15, -0.1) is 0 Å². The van der Waals surface area contributed by atoms with Crippen molar-refractivity contribution in [1.29, 1.82) is 0 Å². The molecule has 0 aliphatic heterocycles. The molecule has 0 aliphatic carbocycles. The van der Waals surface area contributed by atoms with Crippen molar-refractivity contribution in [3.63, 3.8) is 0 Å². The molecule has 0 radical (unpaired) electrons. The lowest BCUT2D eigenvalue weighted by molar-refractivity contribution is 0.374. The zero-order valence-electron chi connectivity index (χ0n) is 10.0. The van der Waals surface area contributed by atoms with E-state index < -0.39 is 0 Å². The van der Waals surface area contributed by atoms with Gasteiger partial charge in [-0.25, -0.2) is 0 Å². The molecule has 0 aliphatic rings. The van der Waals surface area contributed by atoms with E-state index in [1.165, 1.54) is 31.4 Å². The Morgan fingerprint density at radius 2 is 1.62 bits per heavy atom. The number of rotatable bonds is 6. The molecule has 0 nitrogen and oxygen atoms in total. The molecule has 0 rings (SSSR count). The van der Waals surface area contributed by atoms with Crippen molar-refractivity contribution in [1.82, 2.24) is 0 Å². The summed E-state index contributed by atoms with van der Waals surface area (Å²) in [5, 5.41) is 0.903. The monoisotopic (exact) mass is 202 g/mol. The van der Waals surface area contributed by atoms with Gasteiger partial charge >= 0.3 is 0 Å². The lowest BCUT2D eigenvalue weighted by Crippen LogP contribution is -2.06. The molecule has 0 fully saturated rings. The molecule has 0 aromatic rings. The lowest BCUT2D eigenvalue weighted by Gasteiger charge is -2.18. The highest BCUT2D eigenvalue weighted by molar-refractivity contribution is 7.99. The molecule has 0 saturated carbocycles. The average molecular weight is 202 g/mol. The zero-order chi connectivity index (χ0) is 10.3. The van der Waals surface area contributed by atoms with E-state index in [9.17, 15) is 0 Å². The topological polar surface area (TPSA) is 0 Å². The van der Waals surface area contributed by atoms with Crippen LogP contribution < -0.4 is 0 Å². The van der Waals surface area contributed by atoms with Gasteiger partial charge in [-0.05, 0) is 36.9 Å². The number of hydrogen-bond donors (Lipinski definition) is 0. The van der Waals surface area contributed by atoms with Crippen LogP contribution in [0.15, 0.2) is 0 Å². The molecule has 0 heterocycles. The first-order valence-corrected chi connectivity index (χ1v) is 6.66. The van der Waals surface area contributed by atoms with E-state index in [-0.39, 0.29) is 0 Å². The average Bonchev–Trinajstić information content (AvgIpc) is 2.03. The third-order valence-electron chi connectivity index (χ3n) is 2.34. The summed E-state index contributed by atoms with van der Waals surface area (Å²) in [6.45, 7) is 11.6. The van der Waals surface area contributed by atoms with Crippen LogP contribution in [0.25, 0.3) is 0 Å². The van der Waals surface area contributed by atoms with Gasteiger partial charge < -0.3 is 0 Å². The van der Waals surface area contributed by atoms with Crippen LogP contribution in [0.4, 0.5) is 0 Å². The van der Waals surface area contributed by atoms with Crippen LogP contribution in [0.2, 0.25) is 0 Å². The van der Waals surface area contributed by atoms with Gasteiger partial charge in [-0.1, -0.05) is 34.6 Å². The van der Waals surface area contributed by atoms with E-state index in [1.54, 1.807) is 0 Å². The molecular weight excluding hydrogens is 176 g/mol. The summed E-state index contributed by atoms with van der Waals surface area (Å²) < 4.78 is 0. The second kappa shape index (κ2) is 6.75. The molecule has 0 aromatic heterocycles. The molecular formula is C12H26S. The fraction of sp³-hybridized carbons (Fsp3) is 1.00. The summed E-state index contributed by atoms with van der Waals surface area (Å²) in [5.74, 6) is 1.35.